The van der Waals surface area contributed by atoms with E-state index in [4.69, 9.17) is 11.6 Å². The van der Waals surface area contributed by atoms with Crippen molar-refractivity contribution >= 4 is 17.3 Å². The van der Waals surface area contributed by atoms with E-state index in [1.807, 2.05) is 13.8 Å². The van der Waals surface area contributed by atoms with E-state index in [-0.39, 0.29) is 10.8 Å². The minimum Gasteiger partial charge on any atom is -0.258 e. The van der Waals surface area contributed by atoms with Crippen LogP contribution in [0.15, 0.2) is 12.3 Å². The van der Waals surface area contributed by atoms with Gasteiger partial charge >= 0.3 is 5.69 Å². The van der Waals surface area contributed by atoms with Crippen LogP contribution in [-0.2, 0) is 0 Å². The average molecular weight is 203 g/mol. The predicted octanol–water partition coefficient (Wildman–Crippen LogP) is 2.98. The Morgan fingerprint density at radius 2 is 2.08 bits per heavy atom. The van der Waals surface area contributed by atoms with E-state index in [0.29, 0.717) is 5.56 Å². The molecule has 1 rings (SSSR count). The molecule has 0 saturated heterocycles. The molecule has 0 spiro atoms. The van der Waals surface area contributed by atoms with Crippen molar-refractivity contribution in [1.29, 1.82) is 0 Å². The van der Waals surface area contributed by atoms with Gasteiger partial charge in [0.05, 0.1) is 4.92 Å². The van der Waals surface area contributed by atoms with Gasteiger partial charge in [0.25, 0.3) is 0 Å². The summed E-state index contributed by atoms with van der Waals surface area (Å²) in [6, 6.07) is 1.55. The van der Waals surface area contributed by atoms with Crippen molar-refractivity contribution in [3.8, 4) is 0 Å². The summed E-state index contributed by atoms with van der Waals surface area (Å²) in [6.45, 7) is 5.62. The lowest BCUT2D eigenvalue weighted by Crippen LogP contribution is -1.93. The molecule has 1 aromatic rings. The van der Waals surface area contributed by atoms with Crippen LogP contribution in [0.2, 0.25) is 5.15 Å². The molecule has 0 unspecified atom stereocenters. The van der Waals surface area contributed by atoms with Crippen LogP contribution in [0.5, 0.6) is 0 Å². The smallest absolute Gasteiger partial charge is 0.258 e. The van der Waals surface area contributed by atoms with Crippen LogP contribution in [0.3, 0.4) is 0 Å². The average Bonchev–Trinajstić information content (AvgIpc) is 2.07. The first-order chi connectivity index (χ1) is 6.13. The van der Waals surface area contributed by atoms with Crippen LogP contribution in [0.25, 0.3) is 0 Å². The monoisotopic (exact) mass is 202 g/mol. The molecule has 0 fully saturated rings. The highest BCUT2D eigenvalue weighted by Crippen LogP contribution is 2.24. The first-order valence-electron chi connectivity index (χ1n) is 3.88. The maximum absolute atomic E-state index is 10.3. The van der Waals surface area contributed by atoms with Crippen molar-refractivity contribution < 1.29 is 4.92 Å². The molecule has 0 amide bonds. The van der Waals surface area contributed by atoms with Crippen LogP contribution < -0.4 is 0 Å². The highest BCUT2D eigenvalue weighted by molar-refractivity contribution is 6.31. The Labute approximate surface area is 81.7 Å². The van der Waals surface area contributed by atoms with Gasteiger partial charge in [-0.2, -0.15) is 0 Å². The molecule has 13 heavy (non-hydrogen) atoms. The summed E-state index contributed by atoms with van der Waals surface area (Å²) in [6.07, 6.45) is 1.44. The molecule has 0 N–H and O–H groups in total. The third-order valence-corrected chi connectivity index (χ3v) is 1.54. The SMILES string of the molecule is CC.Cc1ccnc(Cl)c1[N+](=O)[O-]. The lowest BCUT2D eigenvalue weighted by Gasteiger charge is -1.95. The zero-order valence-corrected chi connectivity index (χ0v) is 8.50. The number of nitro groups is 1. The Bertz CT molecular complexity index is 282. The summed E-state index contributed by atoms with van der Waals surface area (Å²) in [5.41, 5.74) is 0.407. The van der Waals surface area contributed by atoms with E-state index in [1.165, 1.54) is 6.20 Å². The zero-order chi connectivity index (χ0) is 10.4. The first kappa shape index (κ1) is 11.8. The summed E-state index contributed by atoms with van der Waals surface area (Å²) < 4.78 is 0. The Morgan fingerprint density at radius 3 is 2.38 bits per heavy atom. The second kappa shape index (κ2) is 5.48. The fourth-order valence-electron chi connectivity index (χ4n) is 0.737. The third kappa shape index (κ3) is 2.99. The lowest BCUT2D eigenvalue weighted by atomic mass is 10.3. The molecule has 0 aliphatic heterocycles. The number of aromatic nitrogens is 1. The van der Waals surface area contributed by atoms with E-state index in [2.05, 4.69) is 4.98 Å². The molecular weight excluding hydrogens is 192 g/mol. The quantitative estimate of drug-likeness (QED) is 0.400. The van der Waals surface area contributed by atoms with E-state index in [0.717, 1.165) is 0 Å². The standard InChI is InChI=1S/C6H5ClN2O2.C2H6/c1-4-2-3-8-6(7)5(4)9(10)11;1-2/h2-3H,1H3;1-2H3. The van der Waals surface area contributed by atoms with Crippen molar-refractivity contribution in [3.05, 3.63) is 33.1 Å². The lowest BCUT2D eigenvalue weighted by molar-refractivity contribution is -0.385. The van der Waals surface area contributed by atoms with Crippen LogP contribution >= 0.6 is 11.6 Å². The normalized spacial score (nSPS) is 8.62. The zero-order valence-electron chi connectivity index (χ0n) is 7.74. The van der Waals surface area contributed by atoms with E-state index in [1.54, 1.807) is 13.0 Å². The Morgan fingerprint density at radius 1 is 1.54 bits per heavy atom. The fourth-order valence-corrected chi connectivity index (χ4v) is 1.01. The number of halogens is 1. The number of nitrogens with zero attached hydrogens (tertiary/aromatic N) is 2. The van der Waals surface area contributed by atoms with Crippen molar-refractivity contribution in [1.82, 2.24) is 4.98 Å². The molecule has 1 heterocycles. The molecule has 4 nitrogen and oxygen atoms in total. The Hall–Kier alpha value is -1.16. The van der Waals surface area contributed by atoms with Gasteiger partial charge in [0.1, 0.15) is 0 Å². The third-order valence-electron chi connectivity index (χ3n) is 1.26. The second-order valence-corrected chi connectivity index (χ2v) is 2.38. The summed E-state index contributed by atoms with van der Waals surface area (Å²) >= 11 is 5.47. The van der Waals surface area contributed by atoms with E-state index < -0.39 is 4.92 Å². The number of rotatable bonds is 1. The molecule has 0 saturated carbocycles. The summed E-state index contributed by atoms with van der Waals surface area (Å²) in [7, 11) is 0. The summed E-state index contributed by atoms with van der Waals surface area (Å²) in [5, 5.41) is 10.3. The molecular formula is C8H11ClN2O2. The molecule has 72 valence electrons. The topological polar surface area (TPSA) is 56.0 Å². The number of pyridine rings is 1. The predicted molar refractivity (Wildman–Crippen MR) is 52.0 cm³/mol. The Balaban J connectivity index is 0.000000671. The van der Waals surface area contributed by atoms with Gasteiger partial charge < -0.3 is 0 Å². The molecule has 0 aliphatic carbocycles. The maximum atomic E-state index is 10.3. The van der Waals surface area contributed by atoms with Gasteiger partial charge in [0.15, 0.2) is 0 Å². The van der Waals surface area contributed by atoms with Gasteiger partial charge in [-0.3, -0.25) is 10.1 Å². The van der Waals surface area contributed by atoms with Crippen LogP contribution in [0.1, 0.15) is 19.4 Å². The molecule has 0 aromatic carbocycles. The van der Waals surface area contributed by atoms with Gasteiger partial charge in [0, 0.05) is 11.8 Å². The molecule has 0 bridgehead atoms. The molecule has 1 aromatic heterocycles. The van der Waals surface area contributed by atoms with Crippen LogP contribution in [0.4, 0.5) is 5.69 Å². The van der Waals surface area contributed by atoms with E-state index >= 15 is 0 Å². The molecule has 0 radical (unpaired) electrons. The van der Waals surface area contributed by atoms with Crippen molar-refractivity contribution in [2.45, 2.75) is 20.8 Å². The minimum absolute atomic E-state index is 0.0602. The first-order valence-corrected chi connectivity index (χ1v) is 4.26. The highest BCUT2D eigenvalue weighted by Gasteiger charge is 2.15. The number of aryl methyl sites for hydroxylation is 1. The molecule has 5 heteroatoms. The Kier molecular flexibility index (Phi) is 4.99. The number of hydrogen-bond donors (Lipinski definition) is 0. The highest BCUT2D eigenvalue weighted by atomic mass is 35.5. The van der Waals surface area contributed by atoms with Crippen molar-refractivity contribution in [2.75, 3.05) is 0 Å². The van der Waals surface area contributed by atoms with Gasteiger partial charge in [-0.1, -0.05) is 25.4 Å². The summed E-state index contributed by atoms with van der Waals surface area (Å²) in [5.74, 6) is 0. The van der Waals surface area contributed by atoms with Gasteiger partial charge in [-0.05, 0) is 13.0 Å². The minimum atomic E-state index is -0.537. The van der Waals surface area contributed by atoms with Crippen molar-refractivity contribution in [2.24, 2.45) is 0 Å². The van der Waals surface area contributed by atoms with Gasteiger partial charge in [-0.25, -0.2) is 4.98 Å². The number of hydrogen-bond acceptors (Lipinski definition) is 3. The second-order valence-electron chi connectivity index (χ2n) is 2.02. The molecule has 0 aliphatic rings. The molecule has 0 atom stereocenters. The van der Waals surface area contributed by atoms with Crippen LogP contribution in [0, 0.1) is 17.0 Å². The van der Waals surface area contributed by atoms with Gasteiger partial charge in [0.2, 0.25) is 5.15 Å². The fraction of sp³-hybridized carbons (Fsp3) is 0.375. The maximum Gasteiger partial charge on any atom is 0.309 e. The van der Waals surface area contributed by atoms with E-state index in [9.17, 15) is 10.1 Å². The van der Waals surface area contributed by atoms with Crippen LogP contribution in [-0.4, -0.2) is 9.91 Å². The largest absolute Gasteiger partial charge is 0.309 e. The van der Waals surface area contributed by atoms with Gasteiger partial charge in [-0.15, -0.1) is 0 Å². The van der Waals surface area contributed by atoms with Crippen molar-refractivity contribution in [3.63, 3.8) is 0 Å². The summed E-state index contributed by atoms with van der Waals surface area (Å²) in [4.78, 5) is 13.4.